The van der Waals surface area contributed by atoms with E-state index < -0.39 is 5.60 Å². The lowest BCUT2D eigenvalue weighted by atomic mass is 9.76. The quantitative estimate of drug-likeness (QED) is 0.586. The smallest absolute Gasteiger partial charge is 0.255 e. The maximum atomic E-state index is 13.0. The molecule has 4 fully saturated rings. The molecule has 0 aromatic carbocycles. The fourth-order valence-electron chi connectivity index (χ4n) is 5.25. The van der Waals surface area contributed by atoms with Crippen LogP contribution in [0.15, 0.2) is 11.2 Å². The Morgan fingerprint density at radius 3 is 2.85 bits per heavy atom. The largest absolute Gasteiger partial charge is 0.390 e. The molecule has 0 radical (unpaired) electrons. The summed E-state index contributed by atoms with van der Waals surface area (Å²) in [7, 11) is 3.81. The lowest BCUT2D eigenvalue weighted by Crippen LogP contribution is -2.48. The molecule has 4 aliphatic rings. The molecular formula is C19H28N4O2S. The minimum Gasteiger partial charge on any atom is -0.390 e. The number of hydrogen-bond acceptors (Lipinski definition) is 6. The van der Waals surface area contributed by atoms with E-state index in [1.807, 2.05) is 19.0 Å². The first-order valence-electron chi connectivity index (χ1n) is 9.60. The summed E-state index contributed by atoms with van der Waals surface area (Å²) in [5, 5.41) is 14.6. The number of aliphatic hydroxyl groups is 1. The molecule has 7 heteroatoms. The number of anilines is 1. The summed E-state index contributed by atoms with van der Waals surface area (Å²) in [5.74, 6) is 2.90. The highest BCUT2D eigenvalue weighted by Gasteiger charge is 2.60. The average molecular weight is 377 g/mol. The van der Waals surface area contributed by atoms with Gasteiger partial charge in [-0.15, -0.1) is 11.8 Å². The second kappa shape index (κ2) is 6.68. The molecule has 2 N–H and O–H groups in total. The van der Waals surface area contributed by atoms with Crippen molar-refractivity contribution in [3.8, 4) is 0 Å². The van der Waals surface area contributed by atoms with E-state index in [-0.39, 0.29) is 11.9 Å². The van der Waals surface area contributed by atoms with Gasteiger partial charge in [0.2, 0.25) is 5.95 Å². The lowest BCUT2D eigenvalue weighted by molar-refractivity contribution is -0.0192. The molecule has 5 atom stereocenters. The summed E-state index contributed by atoms with van der Waals surface area (Å²) in [5.41, 5.74) is 0.114. The summed E-state index contributed by atoms with van der Waals surface area (Å²) >= 11 is 1.62. The van der Waals surface area contributed by atoms with Gasteiger partial charge in [-0.3, -0.25) is 4.79 Å². The average Bonchev–Trinajstić information content (AvgIpc) is 2.97. The van der Waals surface area contributed by atoms with Crippen molar-refractivity contribution in [3.05, 3.63) is 11.8 Å². The molecule has 1 heterocycles. The van der Waals surface area contributed by atoms with E-state index in [2.05, 4.69) is 22.2 Å². The predicted molar refractivity (Wildman–Crippen MR) is 103 cm³/mol. The van der Waals surface area contributed by atoms with Crippen LogP contribution in [0.3, 0.4) is 0 Å². The minimum atomic E-state index is -0.460. The molecule has 5 rings (SSSR count). The molecular weight excluding hydrogens is 348 g/mol. The highest BCUT2D eigenvalue weighted by Crippen LogP contribution is 2.59. The van der Waals surface area contributed by atoms with Crippen LogP contribution in [0.4, 0.5) is 5.95 Å². The van der Waals surface area contributed by atoms with Crippen molar-refractivity contribution in [1.29, 1.82) is 0 Å². The standard InChI is InChI=1S/C19H28N4O2S/c1-4-5-26-17-14(10-20-18(22-17)23(2)3)16(24)21-15-12-6-11-7-19(25,8-12)9-13(11)15/h10-13,15,25H,4-9H2,1-3H3,(H,21,24)/t11?,12-,13-,15-,19-/m1/s1. The van der Waals surface area contributed by atoms with Gasteiger partial charge in [-0.2, -0.15) is 0 Å². The van der Waals surface area contributed by atoms with Crippen molar-refractivity contribution in [2.24, 2.45) is 17.8 Å². The van der Waals surface area contributed by atoms with Gasteiger partial charge in [0.1, 0.15) is 5.03 Å². The zero-order valence-corrected chi connectivity index (χ0v) is 16.6. The number of hydrogen-bond donors (Lipinski definition) is 2. The Labute approximate surface area is 159 Å². The van der Waals surface area contributed by atoms with Gasteiger partial charge in [0, 0.05) is 26.3 Å². The van der Waals surface area contributed by atoms with Gasteiger partial charge in [0.15, 0.2) is 0 Å². The van der Waals surface area contributed by atoms with Gasteiger partial charge in [0.25, 0.3) is 5.91 Å². The Morgan fingerprint density at radius 1 is 1.38 bits per heavy atom. The van der Waals surface area contributed by atoms with E-state index in [0.29, 0.717) is 29.3 Å². The maximum Gasteiger partial charge on any atom is 0.255 e. The fraction of sp³-hybridized carbons (Fsp3) is 0.737. The molecule has 0 spiro atoms. The van der Waals surface area contributed by atoms with Gasteiger partial charge in [-0.1, -0.05) is 6.92 Å². The molecule has 142 valence electrons. The third-order valence-corrected chi connectivity index (χ3v) is 7.40. The van der Waals surface area contributed by atoms with Crippen LogP contribution < -0.4 is 10.2 Å². The van der Waals surface area contributed by atoms with Crippen LogP contribution in [-0.2, 0) is 0 Å². The topological polar surface area (TPSA) is 78.4 Å². The van der Waals surface area contributed by atoms with Gasteiger partial charge >= 0.3 is 0 Å². The summed E-state index contributed by atoms with van der Waals surface area (Å²) in [6, 6.07) is 0.188. The van der Waals surface area contributed by atoms with Crippen LogP contribution in [0.5, 0.6) is 0 Å². The predicted octanol–water partition coefficient (Wildman–Crippen LogP) is 2.32. The van der Waals surface area contributed by atoms with Gasteiger partial charge in [0.05, 0.1) is 11.2 Å². The van der Waals surface area contributed by atoms with E-state index in [9.17, 15) is 9.90 Å². The third-order valence-electron chi connectivity index (χ3n) is 6.21. The first-order chi connectivity index (χ1) is 12.4. The van der Waals surface area contributed by atoms with Gasteiger partial charge in [-0.05, 0) is 55.6 Å². The number of carbonyl (C=O) groups is 1. The first-order valence-corrected chi connectivity index (χ1v) is 10.6. The zero-order chi connectivity index (χ0) is 18.5. The molecule has 4 saturated carbocycles. The van der Waals surface area contributed by atoms with Crippen LogP contribution in [0.25, 0.3) is 0 Å². The molecule has 1 aromatic rings. The number of nitrogens with zero attached hydrogens (tertiary/aromatic N) is 3. The zero-order valence-electron chi connectivity index (χ0n) is 15.7. The second-order valence-corrected chi connectivity index (χ2v) is 9.47. The van der Waals surface area contributed by atoms with Gasteiger partial charge in [-0.25, -0.2) is 9.97 Å². The Hall–Kier alpha value is -1.34. The molecule has 26 heavy (non-hydrogen) atoms. The van der Waals surface area contributed by atoms with Crippen molar-refractivity contribution in [2.75, 3.05) is 24.7 Å². The lowest BCUT2D eigenvalue weighted by Gasteiger charge is -2.38. The number of carbonyl (C=O) groups excluding carboxylic acids is 1. The molecule has 1 aromatic heterocycles. The number of nitrogens with one attached hydrogen (secondary N) is 1. The van der Waals surface area contributed by atoms with Crippen LogP contribution in [0.2, 0.25) is 0 Å². The van der Waals surface area contributed by atoms with Crippen molar-refractivity contribution in [3.63, 3.8) is 0 Å². The number of amides is 1. The molecule has 1 unspecified atom stereocenters. The highest BCUT2D eigenvalue weighted by molar-refractivity contribution is 7.99. The Bertz CT molecular complexity index is 709. The summed E-state index contributed by atoms with van der Waals surface area (Å²) in [4.78, 5) is 23.8. The SMILES string of the molecule is CCCSc1nc(N(C)C)ncc1C(=O)N[C@@H]1[C@@H]2CC3C[C@@](O)(C2)C[C@H]31. The molecule has 6 nitrogen and oxygen atoms in total. The van der Waals surface area contributed by atoms with Crippen LogP contribution in [0, 0.1) is 17.8 Å². The monoisotopic (exact) mass is 376 g/mol. The van der Waals surface area contributed by atoms with Crippen LogP contribution in [0.1, 0.15) is 49.4 Å². The van der Waals surface area contributed by atoms with E-state index in [0.717, 1.165) is 42.9 Å². The molecule has 4 bridgehead atoms. The molecule has 1 amide bonds. The van der Waals surface area contributed by atoms with Gasteiger partial charge < -0.3 is 15.3 Å². The molecule has 0 aliphatic heterocycles. The maximum absolute atomic E-state index is 13.0. The second-order valence-electron chi connectivity index (χ2n) is 8.39. The number of thioether (sulfide) groups is 1. The van der Waals surface area contributed by atoms with Crippen LogP contribution >= 0.6 is 11.8 Å². The van der Waals surface area contributed by atoms with E-state index >= 15 is 0 Å². The van der Waals surface area contributed by atoms with Crippen molar-refractivity contribution in [2.45, 2.75) is 55.7 Å². The Kier molecular flexibility index (Phi) is 4.63. The summed E-state index contributed by atoms with van der Waals surface area (Å²) < 4.78 is 0. The third kappa shape index (κ3) is 3.09. The summed E-state index contributed by atoms with van der Waals surface area (Å²) in [6.45, 7) is 2.12. The Balaban J connectivity index is 1.53. The van der Waals surface area contributed by atoms with E-state index in [1.54, 1.807) is 18.0 Å². The number of rotatable bonds is 6. The molecule has 4 aliphatic carbocycles. The van der Waals surface area contributed by atoms with E-state index in [1.165, 1.54) is 0 Å². The van der Waals surface area contributed by atoms with Crippen molar-refractivity contribution >= 4 is 23.6 Å². The summed E-state index contributed by atoms with van der Waals surface area (Å²) in [6.07, 6.45) is 6.42. The Morgan fingerprint density at radius 2 is 2.15 bits per heavy atom. The normalized spacial score (nSPS) is 34.3. The number of aromatic nitrogens is 2. The highest BCUT2D eigenvalue weighted by atomic mass is 32.2. The van der Waals surface area contributed by atoms with Crippen molar-refractivity contribution < 1.29 is 9.90 Å². The van der Waals surface area contributed by atoms with Crippen molar-refractivity contribution in [1.82, 2.24) is 15.3 Å². The van der Waals surface area contributed by atoms with E-state index in [4.69, 9.17) is 0 Å². The van der Waals surface area contributed by atoms with Crippen LogP contribution in [-0.4, -0.2) is 52.5 Å². The fourth-order valence-corrected chi connectivity index (χ4v) is 6.09. The minimum absolute atomic E-state index is 0.0677. The molecule has 0 saturated heterocycles. The first kappa shape index (κ1) is 18.0.